The maximum Gasteiger partial charge on any atom is 0.227 e. The van der Waals surface area contributed by atoms with E-state index in [4.69, 9.17) is 0 Å². The first kappa shape index (κ1) is 13.6. The second-order valence-corrected chi connectivity index (χ2v) is 6.56. The summed E-state index contributed by atoms with van der Waals surface area (Å²) in [5, 5.41) is 0. The Hall–Kier alpha value is -2.09. The number of nitrogens with zero attached hydrogens (tertiary/aromatic N) is 1. The first-order valence-electron chi connectivity index (χ1n) is 8.22. The Morgan fingerprint density at radius 1 is 0.864 bits per heavy atom. The smallest absolute Gasteiger partial charge is 0.227 e. The standard InChI is InChI=1S/C20H21NO/c22-20(12-15-6-2-1-3-7-15)21-13-16-10-11-17(14-21)19-9-5-4-8-18(16)19/h1-9,16-17H,10-14H2/t16-,17+. The molecule has 1 fully saturated rings. The van der Waals surface area contributed by atoms with Gasteiger partial charge in [0.2, 0.25) is 5.91 Å². The van der Waals surface area contributed by atoms with E-state index in [0.29, 0.717) is 18.3 Å². The maximum absolute atomic E-state index is 12.7. The van der Waals surface area contributed by atoms with Crippen molar-refractivity contribution in [2.45, 2.75) is 31.1 Å². The molecule has 2 aromatic carbocycles. The van der Waals surface area contributed by atoms with Crippen molar-refractivity contribution in [2.24, 2.45) is 0 Å². The highest BCUT2D eigenvalue weighted by atomic mass is 16.2. The minimum atomic E-state index is 0.274. The van der Waals surface area contributed by atoms with Gasteiger partial charge in [-0.25, -0.2) is 0 Å². The van der Waals surface area contributed by atoms with Crippen LogP contribution in [0.1, 0.15) is 41.4 Å². The average molecular weight is 291 g/mol. The average Bonchev–Trinajstić information content (AvgIpc) is 2.87. The van der Waals surface area contributed by atoms with E-state index in [-0.39, 0.29) is 5.91 Å². The number of hydrogen-bond acceptors (Lipinski definition) is 1. The summed E-state index contributed by atoms with van der Waals surface area (Å²) in [4.78, 5) is 14.8. The minimum absolute atomic E-state index is 0.274. The van der Waals surface area contributed by atoms with Gasteiger partial charge in [0.1, 0.15) is 0 Å². The van der Waals surface area contributed by atoms with Crippen LogP contribution < -0.4 is 0 Å². The first-order valence-corrected chi connectivity index (χ1v) is 8.22. The Morgan fingerprint density at radius 3 is 2.00 bits per heavy atom. The number of carbonyl (C=O) groups excluding carboxylic acids is 1. The van der Waals surface area contributed by atoms with Crippen molar-refractivity contribution in [1.82, 2.24) is 4.90 Å². The summed E-state index contributed by atoms with van der Waals surface area (Å²) in [6, 6.07) is 18.9. The molecule has 2 aromatic rings. The first-order chi connectivity index (χ1) is 10.8. The molecule has 2 heteroatoms. The fraction of sp³-hybridized carbons (Fsp3) is 0.350. The van der Waals surface area contributed by atoms with E-state index in [0.717, 1.165) is 18.7 Å². The lowest BCUT2D eigenvalue weighted by molar-refractivity contribution is -0.130. The molecule has 5 rings (SSSR count). The van der Waals surface area contributed by atoms with Crippen LogP contribution in [0, 0.1) is 0 Å². The van der Waals surface area contributed by atoms with E-state index in [1.54, 1.807) is 0 Å². The second-order valence-electron chi connectivity index (χ2n) is 6.56. The van der Waals surface area contributed by atoms with Gasteiger partial charge in [-0.3, -0.25) is 4.79 Å². The number of amides is 1. The SMILES string of the molecule is O=C(Cc1ccccc1)N1C[C@H]2CC[C@@H](C1)c1ccccc12. The molecule has 0 saturated carbocycles. The second kappa shape index (κ2) is 5.60. The quantitative estimate of drug-likeness (QED) is 0.825. The fourth-order valence-electron chi connectivity index (χ4n) is 4.04. The van der Waals surface area contributed by atoms with Crippen molar-refractivity contribution in [3.05, 3.63) is 71.3 Å². The maximum atomic E-state index is 12.7. The van der Waals surface area contributed by atoms with Crippen LogP contribution in [0.15, 0.2) is 54.6 Å². The van der Waals surface area contributed by atoms with E-state index < -0.39 is 0 Å². The lowest BCUT2D eigenvalue weighted by atomic mass is 9.78. The third kappa shape index (κ3) is 2.43. The molecule has 1 aliphatic carbocycles. The molecule has 2 nitrogen and oxygen atoms in total. The minimum Gasteiger partial charge on any atom is -0.341 e. The van der Waals surface area contributed by atoms with Crippen LogP contribution in [0.2, 0.25) is 0 Å². The van der Waals surface area contributed by atoms with Crippen LogP contribution in [0.3, 0.4) is 0 Å². The van der Waals surface area contributed by atoms with Gasteiger partial charge >= 0.3 is 0 Å². The summed E-state index contributed by atoms with van der Waals surface area (Å²) in [6.45, 7) is 1.78. The summed E-state index contributed by atoms with van der Waals surface area (Å²) in [7, 11) is 0. The molecule has 3 aliphatic rings. The predicted octanol–water partition coefficient (Wildman–Crippen LogP) is 3.73. The summed E-state index contributed by atoms with van der Waals surface area (Å²) < 4.78 is 0. The Morgan fingerprint density at radius 2 is 1.41 bits per heavy atom. The molecule has 0 radical (unpaired) electrons. The van der Waals surface area contributed by atoms with Crippen molar-refractivity contribution >= 4 is 5.91 Å². The van der Waals surface area contributed by atoms with Crippen molar-refractivity contribution in [3.63, 3.8) is 0 Å². The van der Waals surface area contributed by atoms with E-state index in [2.05, 4.69) is 29.2 Å². The zero-order valence-corrected chi connectivity index (χ0v) is 12.7. The predicted molar refractivity (Wildman–Crippen MR) is 87.9 cm³/mol. The zero-order valence-electron chi connectivity index (χ0n) is 12.7. The highest BCUT2D eigenvalue weighted by Crippen LogP contribution is 2.42. The van der Waals surface area contributed by atoms with Crippen molar-refractivity contribution < 1.29 is 4.79 Å². The monoisotopic (exact) mass is 291 g/mol. The lowest BCUT2D eigenvalue weighted by Crippen LogP contribution is -2.35. The molecular weight excluding hydrogens is 270 g/mol. The number of hydrogen-bond donors (Lipinski definition) is 0. The molecule has 0 spiro atoms. The molecule has 0 unspecified atom stereocenters. The molecule has 2 bridgehead atoms. The van der Waals surface area contributed by atoms with Gasteiger partial charge in [-0.05, 0) is 29.5 Å². The molecule has 22 heavy (non-hydrogen) atoms. The Kier molecular flexibility index (Phi) is 3.45. The van der Waals surface area contributed by atoms with Crippen LogP contribution in [-0.2, 0) is 11.2 Å². The summed E-state index contributed by atoms with van der Waals surface area (Å²) in [5.41, 5.74) is 4.07. The van der Waals surface area contributed by atoms with Crippen molar-refractivity contribution in [1.29, 1.82) is 0 Å². The number of benzene rings is 2. The van der Waals surface area contributed by atoms with E-state index in [1.165, 1.54) is 24.0 Å². The van der Waals surface area contributed by atoms with E-state index in [1.807, 2.05) is 30.3 Å². The Labute approximate surface area is 131 Å². The number of fused-ring (bicyclic) bond motifs is 3. The highest BCUT2D eigenvalue weighted by Gasteiger charge is 2.35. The molecule has 2 heterocycles. The topological polar surface area (TPSA) is 20.3 Å². The summed E-state index contributed by atoms with van der Waals surface area (Å²) in [6.07, 6.45) is 2.96. The van der Waals surface area contributed by atoms with Crippen molar-refractivity contribution in [3.8, 4) is 0 Å². The zero-order chi connectivity index (χ0) is 14.9. The van der Waals surface area contributed by atoms with Gasteiger partial charge in [0, 0.05) is 24.9 Å². The largest absolute Gasteiger partial charge is 0.341 e. The van der Waals surface area contributed by atoms with Crippen LogP contribution in [0.4, 0.5) is 0 Å². The summed E-state index contributed by atoms with van der Waals surface area (Å²) in [5.74, 6) is 1.32. The normalized spacial score (nSPS) is 23.0. The Bertz CT molecular complexity index is 646. The summed E-state index contributed by atoms with van der Waals surface area (Å²) >= 11 is 0. The van der Waals surface area contributed by atoms with Gasteiger partial charge < -0.3 is 4.90 Å². The van der Waals surface area contributed by atoms with Crippen LogP contribution in [0.25, 0.3) is 0 Å². The van der Waals surface area contributed by atoms with Gasteiger partial charge in [-0.15, -0.1) is 0 Å². The highest BCUT2D eigenvalue weighted by molar-refractivity contribution is 5.79. The molecule has 112 valence electrons. The van der Waals surface area contributed by atoms with Gasteiger partial charge in [-0.1, -0.05) is 54.6 Å². The third-order valence-electron chi connectivity index (χ3n) is 5.17. The number of rotatable bonds is 2. The molecule has 1 amide bonds. The van der Waals surface area contributed by atoms with Gasteiger partial charge in [-0.2, -0.15) is 0 Å². The molecule has 0 aromatic heterocycles. The molecule has 0 N–H and O–H groups in total. The van der Waals surface area contributed by atoms with Gasteiger partial charge in [0.25, 0.3) is 0 Å². The van der Waals surface area contributed by atoms with Crippen LogP contribution >= 0.6 is 0 Å². The third-order valence-corrected chi connectivity index (χ3v) is 5.17. The Balaban J connectivity index is 1.55. The van der Waals surface area contributed by atoms with Crippen molar-refractivity contribution in [2.75, 3.05) is 13.1 Å². The van der Waals surface area contributed by atoms with E-state index >= 15 is 0 Å². The fourth-order valence-corrected chi connectivity index (χ4v) is 4.04. The molecular formula is C20H21NO. The lowest BCUT2D eigenvalue weighted by Gasteiger charge is -2.25. The molecule has 2 atom stereocenters. The van der Waals surface area contributed by atoms with Crippen LogP contribution in [0.5, 0.6) is 0 Å². The number of carbonyl (C=O) groups is 1. The van der Waals surface area contributed by atoms with E-state index in [9.17, 15) is 4.79 Å². The molecule has 1 saturated heterocycles. The molecule has 2 aliphatic heterocycles. The van der Waals surface area contributed by atoms with Crippen LogP contribution in [-0.4, -0.2) is 23.9 Å². The van der Waals surface area contributed by atoms with Gasteiger partial charge in [0.05, 0.1) is 6.42 Å². The van der Waals surface area contributed by atoms with Gasteiger partial charge in [0.15, 0.2) is 0 Å².